The van der Waals surface area contributed by atoms with Crippen molar-refractivity contribution in [3.05, 3.63) is 18.0 Å². The van der Waals surface area contributed by atoms with Gasteiger partial charge in [0.15, 0.2) is 0 Å². The molecule has 1 aliphatic heterocycles. The fourth-order valence-corrected chi connectivity index (χ4v) is 4.27. The Hall–Kier alpha value is -1.34. The van der Waals surface area contributed by atoms with Crippen molar-refractivity contribution in [3.8, 4) is 0 Å². The van der Waals surface area contributed by atoms with E-state index in [0.29, 0.717) is 13.1 Å². The molecule has 0 saturated carbocycles. The summed E-state index contributed by atoms with van der Waals surface area (Å²) in [6, 6.07) is 1.18. The molecule has 2 N–H and O–H groups in total. The third-order valence-electron chi connectivity index (χ3n) is 4.43. The first-order valence-electron chi connectivity index (χ1n) is 6.76. The zero-order valence-corrected chi connectivity index (χ0v) is 12.5. The van der Waals surface area contributed by atoms with Crippen molar-refractivity contribution in [3.63, 3.8) is 0 Å². The predicted octanol–water partition coefficient (Wildman–Crippen LogP) is 1.91. The van der Waals surface area contributed by atoms with Crippen LogP contribution in [0.15, 0.2) is 17.2 Å². The quantitative estimate of drug-likeness (QED) is 0.869. The predicted molar refractivity (Wildman–Crippen MR) is 74.1 cm³/mol. The molecule has 7 heteroatoms. The van der Waals surface area contributed by atoms with Gasteiger partial charge in [0.05, 0.1) is 0 Å². The molecule has 6 nitrogen and oxygen atoms in total. The number of nitrogens with zero attached hydrogens (tertiary/aromatic N) is 1. The van der Waals surface area contributed by atoms with Gasteiger partial charge in [-0.25, -0.2) is 13.2 Å². The number of carbonyl (C=O) groups is 1. The Kier molecular flexibility index (Phi) is 3.93. The molecule has 0 aromatic carbocycles. The number of carboxylic acids is 1. The molecule has 2 rings (SSSR count). The second-order valence-electron chi connectivity index (χ2n) is 5.35. The molecule has 0 atom stereocenters. The summed E-state index contributed by atoms with van der Waals surface area (Å²) in [7, 11) is -3.60. The van der Waals surface area contributed by atoms with Gasteiger partial charge in [-0.3, -0.25) is 0 Å². The van der Waals surface area contributed by atoms with Crippen LogP contribution in [0.2, 0.25) is 0 Å². The highest BCUT2D eigenvalue weighted by Crippen LogP contribution is 2.39. The number of carboxylic acid groups (broad SMARTS) is 1. The molecule has 0 radical (unpaired) electrons. The molecule has 20 heavy (non-hydrogen) atoms. The van der Waals surface area contributed by atoms with Crippen molar-refractivity contribution in [1.82, 2.24) is 9.29 Å². The number of H-pyrrole nitrogens is 1. The normalized spacial score (nSPS) is 19.3. The molecule has 0 amide bonds. The maximum Gasteiger partial charge on any atom is 0.352 e. The van der Waals surface area contributed by atoms with E-state index in [0.717, 1.165) is 19.3 Å². The summed E-state index contributed by atoms with van der Waals surface area (Å²) >= 11 is 0. The van der Waals surface area contributed by atoms with E-state index in [4.69, 9.17) is 5.11 Å². The van der Waals surface area contributed by atoms with E-state index in [-0.39, 0.29) is 16.0 Å². The van der Waals surface area contributed by atoms with E-state index in [2.05, 4.69) is 18.8 Å². The molecule has 112 valence electrons. The lowest BCUT2D eigenvalue weighted by Gasteiger charge is -2.26. The molecule has 1 fully saturated rings. The largest absolute Gasteiger partial charge is 0.477 e. The number of sulfonamides is 1. The summed E-state index contributed by atoms with van der Waals surface area (Å²) in [5.41, 5.74) is -0.0565. The number of aromatic nitrogens is 1. The summed E-state index contributed by atoms with van der Waals surface area (Å²) in [5.74, 6) is -1.16. The third-order valence-corrected chi connectivity index (χ3v) is 6.25. The van der Waals surface area contributed by atoms with Gasteiger partial charge in [0.2, 0.25) is 10.0 Å². The van der Waals surface area contributed by atoms with Gasteiger partial charge in [-0.2, -0.15) is 4.31 Å². The van der Waals surface area contributed by atoms with Crippen LogP contribution in [0.1, 0.15) is 43.6 Å². The average Bonchev–Trinajstić information content (AvgIpc) is 3.07. The number of rotatable bonds is 5. The first-order valence-corrected chi connectivity index (χ1v) is 8.20. The van der Waals surface area contributed by atoms with Crippen molar-refractivity contribution < 1.29 is 18.3 Å². The summed E-state index contributed by atoms with van der Waals surface area (Å²) in [6.07, 6.45) is 4.00. The Labute approximate surface area is 118 Å². The number of hydrogen-bond donors (Lipinski definition) is 2. The second kappa shape index (κ2) is 5.21. The van der Waals surface area contributed by atoms with E-state index < -0.39 is 16.0 Å². The van der Waals surface area contributed by atoms with Crippen LogP contribution >= 0.6 is 0 Å². The number of aromatic amines is 1. The molecule has 1 saturated heterocycles. The Balaban J connectivity index is 2.25. The van der Waals surface area contributed by atoms with Gasteiger partial charge < -0.3 is 10.1 Å². The van der Waals surface area contributed by atoms with Gasteiger partial charge in [-0.1, -0.05) is 13.8 Å². The fourth-order valence-electron chi connectivity index (χ4n) is 2.72. The molecule has 0 spiro atoms. The van der Waals surface area contributed by atoms with Crippen LogP contribution in [0.3, 0.4) is 0 Å². The maximum absolute atomic E-state index is 12.5. The molecule has 1 aromatic rings. The zero-order valence-electron chi connectivity index (χ0n) is 11.7. The van der Waals surface area contributed by atoms with Gasteiger partial charge in [0, 0.05) is 19.3 Å². The smallest absolute Gasteiger partial charge is 0.352 e. The van der Waals surface area contributed by atoms with Crippen molar-refractivity contribution in [2.75, 3.05) is 13.1 Å². The first-order chi connectivity index (χ1) is 9.34. The molecule has 0 aliphatic carbocycles. The van der Waals surface area contributed by atoms with Crippen LogP contribution in [0, 0.1) is 5.41 Å². The number of aromatic carboxylic acids is 1. The van der Waals surface area contributed by atoms with Gasteiger partial charge >= 0.3 is 5.97 Å². The third kappa shape index (κ3) is 2.47. The van der Waals surface area contributed by atoms with Crippen molar-refractivity contribution in [2.45, 2.75) is 38.0 Å². The molecule has 1 aromatic heterocycles. The van der Waals surface area contributed by atoms with Crippen LogP contribution in [0.4, 0.5) is 0 Å². The molecular weight excluding hydrogens is 280 g/mol. The first kappa shape index (κ1) is 15.1. The SMILES string of the molecule is CCC1(CC)CCN(S(=O)(=O)c2c[nH]c(C(=O)O)c2)C1. The van der Waals surface area contributed by atoms with Crippen molar-refractivity contribution in [1.29, 1.82) is 0 Å². The minimum Gasteiger partial charge on any atom is -0.477 e. The van der Waals surface area contributed by atoms with E-state index >= 15 is 0 Å². The van der Waals surface area contributed by atoms with Crippen LogP contribution < -0.4 is 0 Å². The van der Waals surface area contributed by atoms with Crippen LogP contribution in [-0.2, 0) is 10.0 Å². The Morgan fingerprint density at radius 1 is 1.45 bits per heavy atom. The number of nitrogens with one attached hydrogen (secondary N) is 1. The molecule has 2 heterocycles. The van der Waals surface area contributed by atoms with Gasteiger partial charge in [-0.05, 0) is 30.7 Å². The van der Waals surface area contributed by atoms with Crippen molar-refractivity contribution in [2.24, 2.45) is 5.41 Å². The maximum atomic E-state index is 12.5. The highest BCUT2D eigenvalue weighted by Gasteiger charge is 2.40. The fraction of sp³-hybridized carbons (Fsp3) is 0.615. The van der Waals surface area contributed by atoms with E-state index in [1.165, 1.54) is 16.6 Å². The average molecular weight is 300 g/mol. The molecular formula is C13H20N2O4S. The Morgan fingerprint density at radius 3 is 2.55 bits per heavy atom. The molecule has 0 bridgehead atoms. The topological polar surface area (TPSA) is 90.5 Å². The lowest BCUT2D eigenvalue weighted by atomic mass is 9.82. The van der Waals surface area contributed by atoms with E-state index in [9.17, 15) is 13.2 Å². The number of hydrogen-bond acceptors (Lipinski definition) is 3. The van der Waals surface area contributed by atoms with E-state index in [1.807, 2.05) is 0 Å². The van der Waals surface area contributed by atoms with E-state index in [1.54, 1.807) is 0 Å². The van der Waals surface area contributed by atoms with Gasteiger partial charge in [-0.15, -0.1) is 0 Å². The monoisotopic (exact) mass is 300 g/mol. The second-order valence-corrected chi connectivity index (χ2v) is 7.29. The molecule has 1 aliphatic rings. The highest BCUT2D eigenvalue weighted by molar-refractivity contribution is 7.89. The summed E-state index contributed by atoms with van der Waals surface area (Å²) < 4.78 is 26.5. The Bertz CT molecular complexity index is 602. The minimum atomic E-state index is -3.60. The van der Waals surface area contributed by atoms with Crippen LogP contribution in [0.5, 0.6) is 0 Å². The lowest BCUT2D eigenvalue weighted by Crippen LogP contribution is -2.31. The Morgan fingerprint density at radius 2 is 2.10 bits per heavy atom. The summed E-state index contributed by atoms with van der Waals surface area (Å²) in [4.78, 5) is 13.3. The summed E-state index contributed by atoms with van der Waals surface area (Å²) in [5, 5.41) is 8.85. The highest BCUT2D eigenvalue weighted by atomic mass is 32.2. The zero-order chi connectivity index (χ0) is 15.0. The summed E-state index contributed by atoms with van der Waals surface area (Å²) in [6.45, 7) is 5.17. The van der Waals surface area contributed by atoms with Crippen LogP contribution in [-0.4, -0.2) is 41.9 Å². The van der Waals surface area contributed by atoms with Crippen molar-refractivity contribution >= 4 is 16.0 Å². The standard InChI is InChI=1S/C13H20N2O4S/c1-3-13(4-2)5-6-15(9-13)20(18,19)10-7-11(12(16)17)14-8-10/h7-8,14H,3-6,9H2,1-2H3,(H,16,17). The van der Waals surface area contributed by atoms with Crippen LogP contribution in [0.25, 0.3) is 0 Å². The van der Waals surface area contributed by atoms with Gasteiger partial charge in [0.1, 0.15) is 10.6 Å². The lowest BCUT2D eigenvalue weighted by molar-refractivity contribution is 0.0691. The minimum absolute atomic E-state index is 0.0258. The molecule has 0 unspecified atom stereocenters. The van der Waals surface area contributed by atoms with Gasteiger partial charge in [0.25, 0.3) is 0 Å².